The molecule has 0 atom stereocenters. The van der Waals surface area contributed by atoms with Crippen molar-refractivity contribution in [2.24, 2.45) is 0 Å². The second-order valence-electron chi connectivity index (χ2n) is 7.55. The van der Waals surface area contributed by atoms with Crippen molar-refractivity contribution < 1.29 is 14.0 Å². The normalized spacial score (nSPS) is 14.2. The van der Waals surface area contributed by atoms with Crippen LogP contribution >= 0.6 is 0 Å². The van der Waals surface area contributed by atoms with Gasteiger partial charge in [0, 0.05) is 63.4 Å². The van der Waals surface area contributed by atoms with Crippen molar-refractivity contribution in [1.82, 2.24) is 19.8 Å². The molecule has 4 rings (SSSR count). The Balaban J connectivity index is 1.36. The van der Waals surface area contributed by atoms with E-state index in [4.69, 9.17) is 0 Å². The number of anilines is 1. The van der Waals surface area contributed by atoms with E-state index in [1.54, 1.807) is 52.8 Å². The highest BCUT2D eigenvalue weighted by molar-refractivity contribution is 6.05. The van der Waals surface area contributed by atoms with Gasteiger partial charge in [0.2, 0.25) is 0 Å². The Hall–Kier alpha value is -3.65. The Labute approximate surface area is 186 Å². The van der Waals surface area contributed by atoms with E-state index in [0.717, 1.165) is 5.69 Å². The van der Waals surface area contributed by atoms with Crippen LogP contribution in [0.1, 0.15) is 20.7 Å². The van der Waals surface area contributed by atoms with Crippen LogP contribution in [0.2, 0.25) is 0 Å². The number of rotatable bonds is 6. The predicted octanol–water partition coefficient (Wildman–Crippen LogP) is 2.72. The Morgan fingerprint density at radius 2 is 1.56 bits per heavy atom. The molecule has 0 unspecified atom stereocenters. The zero-order valence-corrected chi connectivity index (χ0v) is 17.6. The summed E-state index contributed by atoms with van der Waals surface area (Å²) < 4.78 is 13.1. The molecule has 0 radical (unpaired) electrons. The van der Waals surface area contributed by atoms with E-state index in [2.05, 4.69) is 14.9 Å². The predicted molar refractivity (Wildman–Crippen MR) is 119 cm³/mol. The summed E-state index contributed by atoms with van der Waals surface area (Å²) >= 11 is 0. The van der Waals surface area contributed by atoms with Gasteiger partial charge in [-0.15, -0.1) is 0 Å². The summed E-state index contributed by atoms with van der Waals surface area (Å²) in [4.78, 5) is 39.7. The van der Waals surface area contributed by atoms with E-state index in [9.17, 15) is 14.0 Å². The molecule has 1 fully saturated rings. The third-order valence-electron chi connectivity index (χ3n) is 5.50. The van der Waals surface area contributed by atoms with E-state index in [-0.39, 0.29) is 17.6 Å². The second-order valence-corrected chi connectivity index (χ2v) is 7.55. The standard InChI is InChI=1S/C24H24FN5O2/c25-21-7-5-19(6-8-21)23(31)29-14-11-28(12-15-29)13-16-30(22-4-2-10-27-18-22)24(32)20-3-1-9-26-17-20/h1-10,17-18H,11-16H2. The summed E-state index contributed by atoms with van der Waals surface area (Å²) in [5.41, 5.74) is 1.74. The van der Waals surface area contributed by atoms with Gasteiger partial charge in [0.15, 0.2) is 0 Å². The molecule has 3 aromatic rings. The number of benzene rings is 1. The Morgan fingerprint density at radius 3 is 2.19 bits per heavy atom. The number of nitrogens with zero attached hydrogens (tertiary/aromatic N) is 5. The fraction of sp³-hybridized carbons (Fsp3) is 0.250. The second kappa shape index (κ2) is 10.1. The molecule has 7 nitrogen and oxygen atoms in total. The number of hydrogen-bond donors (Lipinski definition) is 0. The molecule has 1 saturated heterocycles. The lowest BCUT2D eigenvalue weighted by Crippen LogP contribution is -2.50. The van der Waals surface area contributed by atoms with Gasteiger partial charge in [0.05, 0.1) is 17.4 Å². The minimum Gasteiger partial charge on any atom is -0.336 e. The molecule has 2 aromatic heterocycles. The number of pyridine rings is 2. The van der Waals surface area contributed by atoms with Crippen molar-refractivity contribution in [1.29, 1.82) is 0 Å². The topological polar surface area (TPSA) is 69.6 Å². The van der Waals surface area contributed by atoms with Gasteiger partial charge < -0.3 is 9.80 Å². The van der Waals surface area contributed by atoms with Gasteiger partial charge in [-0.2, -0.15) is 0 Å². The van der Waals surface area contributed by atoms with Crippen molar-refractivity contribution in [3.8, 4) is 0 Å². The molecule has 8 heteroatoms. The Kier molecular flexibility index (Phi) is 6.81. The summed E-state index contributed by atoms with van der Waals surface area (Å²) in [5.74, 6) is -0.574. The lowest BCUT2D eigenvalue weighted by molar-refractivity contribution is 0.0640. The Bertz CT molecular complexity index is 1040. The first-order chi connectivity index (χ1) is 15.6. The largest absolute Gasteiger partial charge is 0.336 e. The summed E-state index contributed by atoms with van der Waals surface area (Å²) in [6, 6.07) is 12.8. The molecular formula is C24H24FN5O2. The first-order valence-electron chi connectivity index (χ1n) is 10.5. The zero-order valence-electron chi connectivity index (χ0n) is 17.6. The first-order valence-corrected chi connectivity index (χ1v) is 10.5. The minimum atomic E-state index is -0.356. The number of amides is 2. The molecule has 0 bridgehead atoms. The number of carbonyl (C=O) groups is 2. The van der Waals surface area contributed by atoms with E-state index in [1.165, 1.54) is 24.3 Å². The monoisotopic (exact) mass is 433 g/mol. The highest BCUT2D eigenvalue weighted by Crippen LogP contribution is 2.16. The lowest BCUT2D eigenvalue weighted by atomic mass is 10.1. The maximum Gasteiger partial charge on any atom is 0.259 e. The number of aromatic nitrogens is 2. The van der Waals surface area contributed by atoms with Crippen LogP contribution in [0.15, 0.2) is 73.3 Å². The van der Waals surface area contributed by atoms with E-state index in [1.807, 2.05) is 6.07 Å². The summed E-state index contributed by atoms with van der Waals surface area (Å²) in [5, 5.41) is 0. The molecule has 0 spiro atoms. The third kappa shape index (κ3) is 5.15. The van der Waals surface area contributed by atoms with E-state index < -0.39 is 0 Å². The van der Waals surface area contributed by atoms with Crippen LogP contribution < -0.4 is 4.90 Å². The number of piperazine rings is 1. The van der Waals surface area contributed by atoms with E-state index >= 15 is 0 Å². The molecule has 1 aliphatic rings. The van der Waals surface area contributed by atoms with Crippen molar-refractivity contribution in [3.05, 3.63) is 90.3 Å². The van der Waals surface area contributed by atoms with Gasteiger partial charge in [0.25, 0.3) is 11.8 Å². The molecule has 0 saturated carbocycles. The van der Waals surface area contributed by atoms with Crippen LogP contribution in [0.5, 0.6) is 0 Å². The molecule has 1 aliphatic heterocycles. The average molecular weight is 433 g/mol. The number of halogens is 1. The van der Waals surface area contributed by atoms with Gasteiger partial charge in [-0.1, -0.05) is 0 Å². The van der Waals surface area contributed by atoms with E-state index in [0.29, 0.717) is 50.4 Å². The molecule has 1 aromatic carbocycles. The van der Waals surface area contributed by atoms with Gasteiger partial charge >= 0.3 is 0 Å². The smallest absolute Gasteiger partial charge is 0.259 e. The van der Waals surface area contributed by atoms with Crippen LogP contribution in [0, 0.1) is 5.82 Å². The van der Waals surface area contributed by atoms with Crippen molar-refractivity contribution >= 4 is 17.5 Å². The minimum absolute atomic E-state index is 0.0895. The van der Waals surface area contributed by atoms with Crippen LogP contribution in [-0.2, 0) is 0 Å². The first kappa shape index (κ1) is 21.6. The maximum absolute atomic E-state index is 13.1. The van der Waals surface area contributed by atoms with Gasteiger partial charge in [0.1, 0.15) is 5.82 Å². The molecule has 2 amide bonds. The molecule has 32 heavy (non-hydrogen) atoms. The molecule has 164 valence electrons. The van der Waals surface area contributed by atoms with Gasteiger partial charge in [-0.3, -0.25) is 24.5 Å². The fourth-order valence-electron chi connectivity index (χ4n) is 3.70. The van der Waals surface area contributed by atoms with Gasteiger partial charge in [-0.25, -0.2) is 4.39 Å². The molecule has 0 N–H and O–H groups in total. The fourth-order valence-corrected chi connectivity index (χ4v) is 3.70. The van der Waals surface area contributed by atoms with Crippen molar-refractivity contribution in [2.45, 2.75) is 0 Å². The molecular weight excluding hydrogens is 409 g/mol. The summed E-state index contributed by atoms with van der Waals surface area (Å²) in [6.45, 7) is 3.73. The molecule has 0 aliphatic carbocycles. The summed E-state index contributed by atoms with van der Waals surface area (Å²) in [6.07, 6.45) is 6.55. The third-order valence-corrected chi connectivity index (χ3v) is 5.50. The highest BCUT2D eigenvalue weighted by Gasteiger charge is 2.24. The van der Waals surface area contributed by atoms with Gasteiger partial charge in [-0.05, 0) is 48.5 Å². The lowest BCUT2D eigenvalue weighted by Gasteiger charge is -2.36. The average Bonchev–Trinajstić information content (AvgIpc) is 2.86. The SMILES string of the molecule is O=C(c1ccc(F)cc1)N1CCN(CCN(C(=O)c2cccnc2)c2cccnc2)CC1. The van der Waals surface area contributed by atoms with Crippen LogP contribution in [0.4, 0.5) is 10.1 Å². The van der Waals surface area contributed by atoms with Crippen LogP contribution in [0.3, 0.4) is 0 Å². The van der Waals surface area contributed by atoms with Crippen LogP contribution in [-0.4, -0.2) is 70.9 Å². The number of hydrogen-bond acceptors (Lipinski definition) is 5. The van der Waals surface area contributed by atoms with Crippen LogP contribution in [0.25, 0.3) is 0 Å². The van der Waals surface area contributed by atoms with Crippen molar-refractivity contribution in [3.63, 3.8) is 0 Å². The maximum atomic E-state index is 13.1. The molecule has 3 heterocycles. The zero-order chi connectivity index (χ0) is 22.3. The number of carbonyl (C=O) groups excluding carboxylic acids is 2. The highest BCUT2D eigenvalue weighted by atomic mass is 19.1. The summed E-state index contributed by atoms with van der Waals surface area (Å²) in [7, 11) is 0. The van der Waals surface area contributed by atoms with Crippen molar-refractivity contribution in [2.75, 3.05) is 44.2 Å². The quantitative estimate of drug-likeness (QED) is 0.598. The Morgan fingerprint density at radius 1 is 0.875 bits per heavy atom.